The van der Waals surface area contributed by atoms with Crippen molar-refractivity contribution in [2.45, 2.75) is 25.2 Å². The van der Waals surface area contributed by atoms with Crippen LogP contribution >= 0.6 is 0 Å². The van der Waals surface area contributed by atoms with E-state index >= 15 is 0 Å². The van der Waals surface area contributed by atoms with Crippen molar-refractivity contribution < 1.29 is 24.2 Å². The minimum Gasteiger partial charge on any atom is -0.481 e. The van der Waals surface area contributed by atoms with E-state index < -0.39 is 12.1 Å². The van der Waals surface area contributed by atoms with Crippen LogP contribution in [0.4, 0.5) is 4.79 Å². The fourth-order valence-corrected chi connectivity index (χ4v) is 6.29. The van der Waals surface area contributed by atoms with Crippen LogP contribution in [-0.2, 0) is 14.3 Å². The van der Waals surface area contributed by atoms with Gasteiger partial charge in [-0.1, -0.05) is 48.5 Å². The second kappa shape index (κ2) is 8.70. The van der Waals surface area contributed by atoms with E-state index in [9.17, 15) is 19.5 Å². The van der Waals surface area contributed by atoms with Crippen LogP contribution < -0.4 is 5.32 Å². The molecule has 2 aromatic rings. The van der Waals surface area contributed by atoms with Crippen molar-refractivity contribution >= 4 is 18.0 Å². The lowest BCUT2D eigenvalue weighted by Gasteiger charge is -2.23. The summed E-state index contributed by atoms with van der Waals surface area (Å²) in [5.41, 5.74) is 4.74. The highest BCUT2D eigenvalue weighted by molar-refractivity contribution is 5.80. The Morgan fingerprint density at radius 1 is 0.971 bits per heavy atom. The van der Waals surface area contributed by atoms with Crippen LogP contribution in [0.25, 0.3) is 11.1 Å². The van der Waals surface area contributed by atoms with Gasteiger partial charge in [-0.05, 0) is 58.8 Å². The van der Waals surface area contributed by atoms with Crippen LogP contribution in [0.5, 0.6) is 0 Å². The van der Waals surface area contributed by atoms with Crippen molar-refractivity contribution in [2.75, 3.05) is 26.2 Å². The van der Waals surface area contributed by atoms with Gasteiger partial charge in [-0.15, -0.1) is 0 Å². The molecular formula is C28H30N2O5. The molecule has 182 valence electrons. The molecule has 3 fully saturated rings. The number of carboxylic acid groups (broad SMARTS) is 1. The Bertz CT molecular complexity index is 1120. The summed E-state index contributed by atoms with van der Waals surface area (Å²) in [6, 6.07) is 16.5. The average molecular weight is 475 g/mol. The summed E-state index contributed by atoms with van der Waals surface area (Å²) in [7, 11) is 0. The smallest absolute Gasteiger partial charge is 0.407 e. The number of nitrogens with one attached hydrogen (secondary N) is 1. The lowest BCUT2D eigenvalue weighted by atomic mass is 9.98. The SMILES string of the molecule is O=C(NCC(CC(=O)N1C[C@@H]2C(C(=O)O)[C@@H]2C1)C1CC1)OCC1c2ccccc2-c2ccccc21. The maximum Gasteiger partial charge on any atom is 0.407 e. The summed E-state index contributed by atoms with van der Waals surface area (Å²) in [4.78, 5) is 38.4. The molecular weight excluding hydrogens is 444 g/mol. The van der Waals surface area contributed by atoms with Gasteiger partial charge in [-0.25, -0.2) is 4.79 Å². The fourth-order valence-electron chi connectivity index (χ4n) is 6.29. The lowest BCUT2D eigenvalue weighted by Crippen LogP contribution is -2.37. The summed E-state index contributed by atoms with van der Waals surface area (Å²) in [5, 5.41) is 12.1. The van der Waals surface area contributed by atoms with Gasteiger partial charge in [0.25, 0.3) is 0 Å². The molecule has 2 unspecified atom stereocenters. The van der Waals surface area contributed by atoms with Gasteiger partial charge < -0.3 is 20.1 Å². The Balaban J connectivity index is 1.01. The number of carbonyl (C=O) groups excluding carboxylic acids is 2. The van der Waals surface area contributed by atoms with Gasteiger partial charge in [0.15, 0.2) is 0 Å². The highest BCUT2D eigenvalue weighted by atomic mass is 16.5. The molecule has 6 rings (SSSR count). The molecule has 7 heteroatoms. The van der Waals surface area contributed by atoms with E-state index in [2.05, 4.69) is 29.6 Å². The number of carbonyl (C=O) groups is 3. The number of aliphatic carboxylic acids is 1. The van der Waals surface area contributed by atoms with Gasteiger partial charge in [0.1, 0.15) is 6.61 Å². The molecule has 0 bridgehead atoms. The number of hydrogen-bond acceptors (Lipinski definition) is 4. The van der Waals surface area contributed by atoms with Gasteiger partial charge in [-0.2, -0.15) is 0 Å². The fraction of sp³-hybridized carbons (Fsp3) is 0.464. The van der Waals surface area contributed by atoms with Crippen LogP contribution in [0.2, 0.25) is 0 Å². The van der Waals surface area contributed by atoms with E-state index in [4.69, 9.17) is 4.74 Å². The molecule has 1 aliphatic heterocycles. The molecule has 4 aliphatic rings. The van der Waals surface area contributed by atoms with E-state index in [-0.39, 0.29) is 42.1 Å². The van der Waals surface area contributed by atoms with Crippen molar-refractivity contribution in [1.82, 2.24) is 10.2 Å². The molecule has 0 aromatic heterocycles. The largest absolute Gasteiger partial charge is 0.481 e. The number of rotatable bonds is 8. The molecule has 1 heterocycles. The zero-order valence-corrected chi connectivity index (χ0v) is 19.6. The van der Waals surface area contributed by atoms with Gasteiger partial charge in [0.2, 0.25) is 5.91 Å². The molecule has 2 amide bonds. The summed E-state index contributed by atoms with van der Waals surface area (Å²) >= 11 is 0. The number of alkyl carbamates (subject to hydrolysis) is 1. The summed E-state index contributed by atoms with van der Waals surface area (Å²) in [5.74, 6) is -0.127. The molecule has 2 N–H and O–H groups in total. The van der Waals surface area contributed by atoms with Gasteiger partial charge >= 0.3 is 12.1 Å². The van der Waals surface area contributed by atoms with Crippen LogP contribution in [0.1, 0.15) is 36.3 Å². The Morgan fingerprint density at radius 2 is 1.57 bits per heavy atom. The molecule has 7 nitrogen and oxygen atoms in total. The van der Waals surface area contributed by atoms with Crippen molar-refractivity contribution in [1.29, 1.82) is 0 Å². The van der Waals surface area contributed by atoms with Crippen LogP contribution in [0.15, 0.2) is 48.5 Å². The van der Waals surface area contributed by atoms with Crippen molar-refractivity contribution in [3.8, 4) is 11.1 Å². The number of nitrogens with zero attached hydrogens (tertiary/aromatic N) is 1. The summed E-state index contributed by atoms with van der Waals surface area (Å²) < 4.78 is 5.65. The number of carboxylic acids is 1. The number of amides is 2. The molecule has 2 aromatic carbocycles. The summed E-state index contributed by atoms with van der Waals surface area (Å²) in [6.07, 6.45) is 2.11. The van der Waals surface area contributed by atoms with Crippen molar-refractivity contribution in [2.24, 2.45) is 29.6 Å². The second-order valence-electron chi connectivity index (χ2n) is 10.5. The topological polar surface area (TPSA) is 95.9 Å². The Morgan fingerprint density at radius 3 is 2.14 bits per heavy atom. The van der Waals surface area contributed by atoms with Crippen molar-refractivity contribution in [3.63, 3.8) is 0 Å². The third-order valence-electron chi connectivity index (χ3n) is 8.41. The van der Waals surface area contributed by atoms with E-state index in [1.54, 1.807) is 0 Å². The normalized spacial score (nSPS) is 24.8. The predicted molar refractivity (Wildman–Crippen MR) is 129 cm³/mol. The molecule has 0 spiro atoms. The molecule has 0 radical (unpaired) electrons. The molecule has 1 saturated heterocycles. The Hall–Kier alpha value is -3.35. The van der Waals surface area contributed by atoms with Crippen LogP contribution in [0.3, 0.4) is 0 Å². The first-order chi connectivity index (χ1) is 17.0. The first-order valence-corrected chi connectivity index (χ1v) is 12.6. The van der Waals surface area contributed by atoms with Crippen LogP contribution in [0, 0.1) is 29.6 Å². The molecule has 3 aliphatic carbocycles. The highest BCUT2D eigenvalue weighted by Gasteiger charge is 2.60. The number of fused-ring (bicyclic) bond motifs is 4. The minimum atomic E-state index is -0.741. The van der Waals surface area contributed by atoms with Gasteiger partial charge in [0.05, 0.1) is 5.92 Å². The Kier molecular flexibility index (Phi) is 5.50. The second-order valence-corrected chi connectivity index (χ2v) is 10.5. The van der Waals surface area contributed by atoms with Crippen molar-refractivity contribution in [3.05, 3.63) is 59.7 Å². The third-order valence-corrected chi connectivity index (χ3v) is 8.41. The molecule has 2 saturated carbocycles. The monoisotopic (exact) mass is 474 g/mol. The number of likely N-dealkylation sites (tertiary alicyclic amines) is 1. The van der Waals surface area contributed by atoms with Crippen LogP contribution in [-0.4, -0.2) is 54.2 Å². The number of benzene rings is 2. The zero-order chi connectivity index (χ0) is 24.1. The summed E-state index contributed by atoms with van der Waals surface area (Å²) in [6.45, 7) is 1.80. The van der Waals surface area contributed by atoms with Gasteiger partial charge in [0, 0.05) is 32.0 Å². The van der Waals surface area contributed by atoms with Gasteiger partial charge in [-0.3, -0.25) is 9.59 Å². The van der Waals surface area contributed by atoms with E-state index in [1.165, 1.54) is 22.3 Å². The number of hydrogen-bond donors (Lipinski definition) is 2. The quantitative estimate of drug-likeness (QED) is 0.608. The van der Waals surface area contributed by atoms with E-state index in [0.717, 1.165) is 12.8 Å². The maximum absolute atomic E-state index is 12.8. The maximum atomic E-state index is 12.8. The predicted octanol–water partition coefficient (Wildman–Crippen LogP) is 3.73. The van der Waals surface area contributed by atoms with E-state index in [0.29, 0.717) is 32.0 Å². The zero-order valence-electron chi connectivity index (χ0n) is 19.6. The first kappa shape index (κ1) is 22.1. The standard InChI is InChI=1S/C28H30N2O5/c31-25(30-13-22-23(14-30)26(22)27(32)33)11-17(16-9-10-16)12-29-28(34)35-15-24-20-7-3-1-5-18(20)19-6-2-4-8-21(19)24/h1-8,16-17,22-24,26H,9-15H2,(H,29,34)(H,32,33)/t17?,22-,23+,26?. The first-order valence-electron chi connectivity index (χ1n) is 12.6. The van der Waals surface area contributed by atoms with E-state index in [1.807, 2.05) is 29.2 Å². The third kappa shape index (κ3) is 4.17. The number of ether oxygens (including phenoxy) is 1. The molecule has 35 heavy (non-hydrogen) atoms. The highest BCUT2D eigenvalue weighted by Crippen LogP contribution is 2.52. The number of piperidine rings is 1. The average Bonchev–Trinajstić information content (AvgIpc) is 3.76. The lowest BCUT2D eigenvalue weighted by molar-refractivity contribution is -0.141. The molecule has 4 atom stereocenters. The Labute approximate surface area is 204 Å². The minimum absolute atomic E-state index is 0.0187.